The van der Waals surface area contributed by atoms with Gasteiger partial charge in [0.25, 0.3) is 0 Å². The van der Waals surface area contributed by atoms with Crippen LogP contribution in [-0.4, -0.2) is 78.3 Å². The summed E-state index contributed by atoms with van der Waals surface area (Å²) in [5, 5.41) is 27.2. The maximum Gasteiger partial charge on any atom is 0.412 e. The second-order valence-electron chi connectivity index (χ2n) is 15.4. The monoisotopic (exact) mass is 809 g/mol. The van der Waals surface area contributed by atoms with E-state index in [0.29, 0.717) is 49.6 Å². The average Bonchev–Trinajstić information content (AvgIpc) is 3.26. The molecule has 0 bridgehead atoms. The molecule has 0 aromatic heterocycles. The van der Waals surface area contributed by atoms with E-state index in [1.807, 2.05) is 79.7 Å². The first-order valence-electron chi connectivity index (χ1n) is 21.0. The van der Waals surface area contributed by atoms with Gasteiger partial charge in [-0.1, -0.05) is 97.7 Å². The summed E-state index contributed by atoms with van der Waals surface area (Å²) in [6.45, 7) is 7.07. The normalized spacial score (nSPS) is 23.5. The van der Waals surface area contributed by atoms with Crippen LogP contribution in [0.3, 0.4) is 0 Å². The van der Waals surface area contributed by atoms with Gasteiger partial charge in [0.1, 0.15) is 31.3 Å². The minimum atomic E-state index is -1.42. The lowest BCUT2D eigenvalue weighted by Gasteiger charge is -2.59. The fourth-order valence-electron chi connectivity index (χ4n) is 9.15. The Morgan fingerprint density at radius 3 is 2.37 bits per heavy atom. The lowest BCUT2D eigenvalue weighted by atomic mass is 9.55. The Bertz CT molecular complexity index is 1900. The van der Waals surface area contributed by atoms with Crippen LogP contribution in [0, 0.1) is 17.8 Å². The third-order valence-electron chi connectivity index (χ3n) is 11.6. The third kappa shape index (κ3) is 10.2. The van der Waals surface area contributed by atoms with Crippen LogP contribution < -0.4 is 14.8 Å². The number of hydrogen-bond acceptors (Lipinski definition) is 10. The van der Waals surface area contributed by atoms with Gasteiger partial charge in [-0.25, -0.2) is 9.59 Å². The second kappa shape index (κ2) is 21.2. The maximum absolute atomic E-state index is 14.4. The van der Waals surface area contributed by atoms with Gasteiger partial charge in [0.15, 0.2) is 0 Å². The quantitative estimate of drug-likeness (QED) is 0.0583. The van der Waals surface area contributed by atoms with Gasteiger partial charge in [-0.15, -0.1) is 6.58 Å². The molecule has 0 radical (unpaired) electrons. The van der Waals surface area contributed by atoms with Gasteiger partial charge in [-0.2, -0.15) is 0 Å². The highest BCUT2D eigenvalue weighted by Gasteiger charge is 2.65. The van der Waals surface area contributed by atoms with Crippen LogP contribution in [0.25, 0.3) is 0 Å². The molecule has 6 rings (SSSR count). The first-order valence-corrected chi connectivity index (χ1v) is 21.0. The van der Waals surface area contributed by atoms with Gasteiger partial charge in [0, 0.05) is 44.2 Å². The van der Waals surface area contributed by atoms with Gasteiger partial charge >= 0.3 is 12.2 Å². The summed E-state index contributed by atoms with van der Waals surface area (Å²) in [5.74, 6) is -1.22. The smallest absolute Gasteiger partial charge is 0.412 e. The molecule has 316 valence electrons. The molecule has 1 saturated carbocycles. The van der Waals surface area contributed by atoms with Crippen LogP contribution in [0.1, 0.15) is 80.9 Å². The summed E-state index contributed by atoms with van der Waals surface area (Å²) in [7, 11) is 1.52. The topological polar surface area (TPSA) is 148 Å². The van der Waals surface area contributed by atoms with Crippen LogP contribution in [-0.2, 0) is 27.5 Å². The molecule has 0 saturated heterocycles. The largest absolute Gasteiger partial charge is 0.459 e. The molecule has 1 aliphatic heterocycles. The molecular formula is C47H59N3O9. The average molecular weight is 810 g/mol. The predicted octanol–water partition coefficient (Wildman–Crippen LogP) is 8.29. The fourth-order valence-corrected chi connectivity index (χ4v) is 9.15. The highest BCUT2D eigenvalue weighted by molar-refractivity contribution is 6.03. The molecule has 3 aromatic carbocycles. The first kappa shape index (κ1) is 43.4. The van der Waals surface area contributed by atoms with Crippen molar-refractivity contribution in [2.24, 2.45) is 22.9 Å². The van der Waals surface area contributed by atoms with Crippen LogP contribution >= 0.6 is 0 Å². The zero-order valence-corrected chi connectivity index (χ0v) is 34.3. The van der Waals surface area contributed by atoms with Crippen LogP contribution in [0.2, 0.25) is 0 Å². The minimum Gasteiger partial charge on any atom is -0.459 e. The molecule has 3 aliphatic rings. The molecule has 2 aliphatic carbocycles. The Kier molecular flexibility index (Phi) is 15.6. The number of oxime groups is 1. The zero-order chi connectivity index (χ0) is 41.6. The number of nitrogens with one attached hydrogen (secondary N) is 1. The van der Waals surface area contributed by atoms with E-state index in [1.165, 1.54) is 7.11 Å². The third-order valence-corrected chi connectivity index (χ3v) is 11.6. The van der Waals surface area contributed by atoms with Crippen molar-refractivity contribution in [3.8, 4) is 11.5 Å². The van der Waals surface area contributed by atoms with Crippen LogP contribution in [0.4, 0.5) is 9.59 Å². The Balaban J connectivity index is 1.48. The van der Waals surface area contributed by atoms with Crippen molar-refractivity contribution < 1.29 is 43.6 Å². The number of rotatable bonds is 20. The lowest BCUT2D eigenvalue weighted by molar-refractivity contribution is -0.255. The van der Waals surface area contributed by atoms with Gasteiger partial charge in [-0.05, 0) is 78.8 Å². The van der Waals surface area contributed by atoms with E-state index < -0.39 is 29.9 Å². The number of benzene rings is 3. The molecule has 3 N–H and O–H groups in total. The molecule has 1 fully saturated rings. The summed E-state index contributed by atoms with van der Waals surface area (Å²) >= 11 is 0. The first-order chi connectivity index (χ1) is 28.9. The van der Waals surface area contributed by atoms with E-state index >= 15 is 0 Å². The van der Waals surface area contributed by atoms with Gasteiger partial charge in [0.2, 0.25) is 5.79 Å². The molecule has 0 spiro atoms. The van der Waals surface area contributed by atoms with E-state index in [2.05, 4.69) is 23.1 Å². The van der Waals surface area contributed by atoms with Crippen molar-refractivity contribution in [2.45, 2.75) is 89.2 Å². The number of aliphatic hydroxyl groups excluding tert-OH is 2. The molecular weight excluding hydrogens is 751 g/mol. The van der Waals surface area contributed by atoms with Crippen molar-refractivity contribution in [3.05, 3.63) is 120 Å². The molecule has 3 aromatic rings. The van der Waals surface area contributed by atoms with Crippen molar-refractivity contribution in [1.82, 2.24) is 10.2 Å². The van der Waals surface area contributed by atoms with E-state index in [4.69, 9.17) is 23.8 Å². The molecule has 12 heteroatoms. The van der Waals surface area contributed by atoms with E-state index in [0.717, 1.165) is 47.9 Å². The number of fused-ring (bicyclic) bond motifs is 2. The summed E-state index contributed by atoms with van der Waals surface area (Å²) in [6.07, 6.45) is 8.24. The molecule has 6 unspecified atom stereocenters. The van der Waals surface area contributed by atoms with Crippen molar-refractivity contribution in [3.63, 3.8) is 0 Å². The molecule has 1 heterocycles. The molecule has 12 nitrogen and oxygen atoms in total. The number of allylic oxidation sites excluding steroid dienone is 1. The highest BCUT2D eigenvalue weighted by Crippen LogP contribution is 2.62. The Morgan fingerprint density at radius 1 is 0.983 bits per heavy atom. The SMILES string of the molecule is C=CCOC12Oc3ccc(OC(=O)NCc4ccccc4)cc3C3C(CCCCO)C(CCCCO)C=C(C(=NOC)CC1N(CCC)C(=O)OCc1ccccc1)C32. The standard InChI is InChI=1S/C47H59N3O9/c1-4-24-50(46(54)56-32-34-18-10-7-11-19-34)42-30-40(49-55-3)38-28-35(20-12-14-25-51)37(21-13-15-26-52)43-39-29-36(58-45(53)48-31-33-16-8-6-9-17-33)22-23-41(39)59-47(42,44(38)43)57-27-5-2/h5-11,16-19,22-23,28-29,35,37,42-44,51-52H,2,4,12-15,20-21,24-27,30-32H2,1,3H3,(H,48,53). The predicted molar refractivity (Wildman–Crippen MR) is 225 cm³/mol. The molecule has 6 atom stereocenters. The van der Waals surface area contributed by atoms with E-state index in [9.17, 15) is 19.8 Å². The summed E-state index contributed by atoms with van der Waals surface area (Å²) in [4.78, 5) is 34.8. The summed E-state index contributed by atoms with van der Waals surface area (Å²) in [5.41, 5.74) is 4.25. The number of amides is 2. The number of aliphatic hydroxyl groups is 2. The number of unbranched alkanes of at least 4 members (excludes halogenated alkanes) is 2. The summed E-state index contributed by atoms with van der Waals surface area (Å²) in [6, 6.07) is 23.9. The number of ether oxygens (including phenoxy) is 4. The maximum atomic E-state index is 14.4. The second-order valence-corrected chi connectivity index (χ2v) is 15.4. The Morgan fingerprint density at radius 2 is 1.69 bits per heavy atom. The van der Waals surface area contributed by atoms with Crippen molar-refractivity contribution in [1.29, 1.82) is 0 Å². The van der Waals surface area contributed by atoms with E-state index in [-0.39, 0.29) is 50.6 Å². The fraction of sp³-hybridized carbons (Fsp3) is 0.468. The number of nitrogens with zero attached hydrogens (tertiary/aromatic N) is 2. The molecule has 59 heavy (non-hydrogen) atoms. The van der Waals surface area contributed by atoms with Gasteiger partial charge in [-0.3, -0.25) is 4.90 Å². The Hall–Kier alpha value is -5.17. The van der Waals surface area contributed by atoms with Crippen LogP contribution in [0.5, 0.6) is 11.5 Å². The number of hydrogen-bond donors (Lipinski definition) is 3. The molecule has 2 amide bonds. The zero-order valence-electron chi connectivity index (χ0n) is 34.3. The van der Waals surface area contributed by atoms with E-state index in [1.54, 1.807) is 17.0 Å². The Labute approximate surface area is 347 Å². The lowest BCUT2D eigenvalue weighted by Crippen LogP contribution is -2.70. The van der Waals surface area contributed by atoms with Gasteiger partial charge < -0.3 is 39.3 Å². The minimum absolute atomic E-state index is 0.0118. The highest BCUT2D eigenvalue weighted by atomic mass is 16.7. The summed E-state index contributed by atoms with van der Waals surface area (Å²) < 4.78 is 26.1. The van der Waals surface area contributed by atoms with Crippen LogP contribution in [0.15, 0.2) is 108 Å². The number of carbonyl (C=O) groups is 2. The van der Waals surface area contributed by atoms with Gasteiger partial charge in [0.05, 0.1) is 18.2 Å². The number of carbonyl (C=O) groups excluding carboxylic acids is 2. The van der Waals surface area contributed by atoms with Crippen molar-refractivity contribution >= 4 is 17.9 Å². The van der Waals surface area contributed by atoms with Crippen molar-refractivity contribution in [2.75, 3.05) is 33.5 Å².